The Morgan fingerprint density at radius 1 is 0.700 bits per heavy atom. The molecule has 0 aromatic rings. The highest BCUT2D eigenvalue weighted by atomic mass is 16.5. The van der Waals surface area contributed by atoms with Crippen LogP contribution in [0.3, 0.4) is 0 Å². The molecule has 0 fully saturated rings. The van der Waals surface area contributed by atoms with Crippen LogP contribution in [0.25, 0.3) is 0 Å². The molecule has 21 heteroatoms. The van der Waals surface area contributed by atoms with Gasteiger partial charge in [-0.05, 0) is 43.4 Å². The van der Waals surface area contributed by atoms with E-state index >= 15 is 0 Å². The molecule has 0 saturated carbocycles. The number of esters is 1. The van der Waals surface area contributed by atoms with Gasteiger partial charge in [0.05, 0.1) is 6.54 Å². The van der Waals surface area contributed by atoms with Gasteiger partial charge in [-0.15, -0.1) is 0 Å². The summed E-state index contributed by atoms with van der Waals surface area (Å²) < 4.78 is 4.66. The lowest BCUT2D eigenvalue weighted by Gasteiger charge is -2.14. The molecule has 0 unspecified atom stereocenters. The Bertz CT molecular complexity index is 987. The second kappa shape index (κ2) is 33.4. The smallest absolute Gasteiger partial charge is 0.324 e. The number of nitrogens with one attached hydrogen (secondary N) is 2. The van der Waals surface area contributed by atoms with Crippen molar-refractivity contribution in [3.8, 4) is 0 Å². The first-order valence-corrected chi connectivity index (χ1v) is 15.6. The van der Waals surface area contributed by atoms with Crippen LogP contribution >= 0.6 is 0 Å². The van der Waals surface area contributed by atoms with Crippen LogP contribution in [0.1, 0.15) is 73.6 Å². The zero-order valence-electron chi connectivity index (χ0n) is 29.9. The van der Waals surface area contributed by atoms with Crippen LogP contribution < -0.4 is 45.5 Å². The first-order chi connectivity index (χ1) is 22.8. The highest BCUT2D eigenvalue weighted by Gasteiger charge is 2.20. The maximum atomic E-state index is 11.2. The number of aliphatic carboxylic acids is 5. The van der Waals surface area contributed by atoms with E-state index in [2.05, 4.69) is 15.8 Å². The molecule has 0 spiro atoms. The first-order valence-electron chi connectivity index (χ1n) is 15.6. The summed E-state index contributed by atoms with van der Waals surface area (Å²) in [6.45, 7) is 11.4. The maximum absolute atomic E-state index is 11.2. The van der Waals surface area contributed by atoms with Crippen LogP contribution in [-0.2, 0) is 33.5 Å². The fraction of sp³-hybridized carbons (Fsp3) is 0.759. The molecule has 296 valence electrons. The van der Waals surface area contributed by atoms with E-state index in [1.807, 2.05) is 41.5 Å². The first kappa shape index (κ1) is 55.3. The van der Waals surface area contributed by atoms with Gasteiger partial charge in [-0.2, -0.15) is 0 Å². The van der Waals surface area contributed by atoms with Crippen molar-refractivity contribution in [3.05, 3.63) is 0 Å². The van der Waals surface area contributed by atoms with E-state index in [1.54, 1.807) is 0 Å². The third kappa shape index (κ3) is 41.9. The van der Waals surface area contributed by atoms with Gasteiger partial charge < -0.3 is 75.7 Å². The second-order valence-electron chi connectivity index (χ2n) is 11.7. The zero-order valence-corrected chi connectivity index (χ0v) is 29.9. The largest absolute Gasteiger partial charge is 0.480 e. The molecule has 0 aromatic heterocycles. The lowest BCUT2D eigenvalue weighted by Crippen LogP contribution is -2.40. The maximum Gasteiger partial charge on any atom is 0.324 e. The van der Waals surface area contributed by atoms with Crippen molar-refractivity contribution in [3.63, 3.8) is 0 Å². The number of rotatable bonds is 18. The molecule has 50 heavy (non-hydrogen) atoms. The molecule has 21 N–H and O–H groups in total. The van der Waals surface area contributed by atoms with E-state index in [-0.39, 0.29) is 30.9 Å². The predicted molar refractivity (Wildman–Crippen MR) is 186 cm³/mol. The van der Waals surface area contributed by atoms with E-state index in [0.29, 0.717) is 38.1 Å². The van der Waals surface area contributed by atoms with Gasteiger partial charge in [-0.25, -0.2) is 0 Å². The van der Waals surface area contributed by atoms with Crippen molar-refractivity contribution in [2.45, 2.75) is 104 Å². The number of carbonyl (C=O) groups is 6. The summed E-state index contributed by atoms with van der Waals surface area (Å²) in [6.07, 6.45) is 2.84. The number of carboxylic acids is 5. The fourth-order valence-electron chi connectivity index (χ4n) is 2.73. The van der Waals surface area contributed by atoms with E-state index in [0.717, 1.165) is 6.42 Å². The van der Waals surface area contributed by atoms with Crippen LogP contribution in [0.5, 0.6) is 0 Å². The summed E-state index contributed by atoms with van der Waals surface area (Å²) in [4.78, 5) is 61.3. The van der Waals surface area contributed by atoms with Crippen molar-refractivity contribution in [1.29, 1.82) is 5.41 Å². The van der Waals surface area contributed by atoms with Gasteiger partial charge in [-0.1, -0.05) is 48.0 Å². The van der Waals surface area contributed by atoms with E-state index in [1.165, 1.54) is 0 Å². The molecule has 0 bridgehead atoms. The number of guanidine groups is 1. The topological polar surface area (TPSA) is 431 Å². The summed E-state index contributed by atoms with van der Waals surface area (Å²) in [6, 6.07) is -4.12. The predicted octanol–water partition coefficient (Wildman–Crippen LogP) is -2.11. The van der Waals surface area contributed by atoms with Crippen molar-refractivity contribution < 1.29 is 59.0 Å². The quantitative estimate of drug-likeness (QED) is 0.0311. The lowest BCUT2D eigenvalue weighted by molar-refractivity contribution is -0.149. The fourth-order valence-corrected chi connectivity index (χ4v) is 2.73. The SMILES string of the molecule is CC(C)C[C@H](N)C(=O)O.CC(C)C[C@H](N)C(=O)OC[C@H](N)C(=O)O.CC[C@H](C)[C@H](N)C(=O)O.N=C(N)NCCC[C@H](N)C(=O)O.NCC(=O)O. The molecule has 0 rings (SSSR count). The Kier molecular flexibility index (Phi) is 36.9. The highest BCUT2D eigenvalue weighted by molar-refractivity contribution is 5.77. The van der Waals surface area contributed by atoms with Crippen molar-refractivity contribution in [2.75, 3.05) is 19.7 Å². The Morgan fingerprint density at radius 2 is 1.10 bits per heavy atom. The average Bonchev–Trinajstić information content (AvgIpc) is 3.00. The number of nitrogens with two attached hydrogens (primary N) is 7. The zero-order chi connectivity index (χ0) is 40.7. The highest BCUT2D eigenvalue weighted by Crippen LogP contribution is 2.05. The molecule has 6 atom stereocenters. The van der Waals surface area contributed by atoms with E-state index in [9.17, 15) is 28.8 Å². The number of hydrogen-bond acceptors (Lipinski definition) is 14. The van der Waals surface area contributed by atoms with Crippen molar-refractivity contribution >= 4 is 41.8 Å². The molecule has 0 aliphatic carbocycles. The van der Waals surface area contributed by atoms with Gasteiger partial charge >= 0.3 is 35.8 Å². The average molecular weight is 730 g/mol. The summed E-state index contributed by atoms with van der Waals surface area (Å²) >= 11 is 0. The molecule has 21 nitrogen and oxygen atoms in total. The van der Waals surface area contributed by atoms with Gasteiger partial charge in [0.2, 0.25) is 0 Å². The van der Waals surface area contributed by atoms with Crippen LogP contribution in [-0.4, -0.2) is 117 Å². The molecule has 0 saturated heterocycles. The van der Waals surface area contributed by atoms with Crippen LogP contribution in [0, 0.1) is 23.2 Å². The standard InChI is InChI=1S/C9H18N2O4.C6H14N4O2.2C6H13NO2.C2H5NO2/c1-5(2)3-6(10)9(14)15-4-7(11)8(12)13;7-4(5(11)12)2-1-3-10-6(8)9;1-4(2)3-5(7)6(8)9;1-3-4(2)5(7)6(8)9;3-1-2(4)5/h5-7H,3-4,10-11H2,1-2H3,(H,12,13);4H,1-3,7H2,(H,11,12)(H4,8,9,10);2*4-5H,3,7H2,1-2H3,(H,8,9);1,3H2,(H,4,5)/t6-,7-;4-;5-;4-,5-;/m0000./s1. The normalized spacial score (nSPS) is 13.6. The third-order valence-electron chi connectivity index (χ3n) is 5.83. The molecular formula is C29H63N9O12. The molecule has 0 aliphatic heterocycles. The van der Waals surface area contributed by atoms with Crippen LogP contribution in [0.15, 0.2) is 0 Å². The number of hydrogen-bond donors (Lipinski definition) is 14. The molecule has 0 aromatic carbocycles. The van der Waals surface area contributed by atoms with E-state index in [4.69, 9.17) is 65.3 Å². The Hall–Kier alpha value is -4.15. The number of ether oxygens (including phenoxy) is 1. The summed E-state index contributed by atoms with van der Waals surface area (Å²) in [5.41, 5.74) is 35.9. The molecule has 0 aliphatic rings. The third-order valence-corrected chi connectivity index (χ3v) is 5.83. The molecule has 0 heterocycles. The lowest BCUT2D eigenvalue weighted by atomic mass is 10.0. The van der Waals surface area contributed by atoms with Gasteiger partial charge in [0.25, 0.3) is 0 Å². The summed E-state index contributed by atoms with van der Waals surface area (Å²) in [7, 11) is 0. The van der Waals surface area contributed by atoms with E-state index < -0.39 is 66.0 Å². The van der Waals surface area contributed by atoms with Gasteiger partial charge in [0, 0.05) is 6.54 Å². The summed E-state index contributed by atoms with van der Waals surface area (Å²) in [5, 5.41) is 50.4. The minimum absolute atomic E-state index is 0.0718. The molecule has 0 amide bonds. The molecule has 0 radical (unpaired) electrons. The monoisotopic (exact) mass is 729 g/mol. The van der Waals surface area contributed by atoms with Crippen LogP contribution in [0.2, 0.25) is 0 Å². The molecular weight excluding hydrogens is 666 g/mol. The van der Waals surface area contributed by atoms with Gasteiger partial charge in [0.1, 0.15) is 36.8 Å². The van der Waals surface area contributed by atoms with Crippen molar-refractivity contribution in [2.24, 2.45) is 57.9 Å². The Labute approximate surface area is 293 Å². The van der Waals surface area contributed by atoms with Crippen molar-refractivity contribution in [1.82, 2.24) is 5.32 Å². The van der Waals surface area contributed by atoms with Gasteiger partial charge in [-0.3, -0.25) is 34.2 Å². The minimum atomic E-state index is -1.21. The number of carboxylic acid groups (broad SMARTS) is 5. The minimum Gasteiger partial charge on any atom is -0.480 e. The number of carbonyl (C=O) groups excluding carboxylic acids is 1. The Morgan fingerprint density at radius 3 is 1.36 bits per heavy atom. The summed E-state index contributed by atoms with van der Waals surface area (Å²) in [5.74, 6) is -5.02. The Balaban J connectivity index is -0.000000175. The van der Waals surface area contributed by atoms with Crippen LogP contribution in [0.4, 0.5) is 0 Å². The van der Waals surface area contributed by atoms with Gasteiger partial charge in [0.15, 0.2) is 5.96 Å². The second-order valence-corrected chi connectivity index (χ2v) is 11.7.